The zero-order valence-corrected chi connectivity index (χ0v) is 13.7. The molecule has 1 saturated carbocycles. The van der Waals surface area contributed by atoms with Crippen molar-refractivity contribution >= 4 is 23.6 Å². The Morgan fingerprint density at radius 1 is 1.25 bits per heavy atom. The van der Waals surface area contributed by atoms with E-state index in [1.807, 2.05) is 13.2 Å². The van der Waals surface area contributed by atoms with E-state index < -0.39 is 11.4 Å². The van der Waals surface area contributed by atoms with E-state index in [4.69, 9.17) is 0 Å². The summed E-state index contributed by atoms with van der Waals surface area (Å²) in [6.07, 6.45) is 7.45. The second-order valence-corrected chi connectivity index (χ2v) is 6.90. The Morgan fingerprint density at radius 2 is 1.80 bits per heavy atom. The van der Waals surface area contributed by atoms with Gasteiger partial charge in [-0.1, -0.05) is 25.7 Å². The van der Waals surface area contributed by atoms with E-state index in [1.165, 1.54) is 0 Å². The summed E-state index contributed by atoms with van der Waals surface area (Å²) < 4.78 is 0. The lowest BCUT2D eigenvalue weighted by Gasteiger charge is -2.31. The van der Waals surface area contributed by atoms with Crippen LogP contribution in [0, 0.1) is 5.41 Å². The first-order chi connectivity index (χ1) is 9.43. The number of nitrogens with zero attached hydrogens (tertiary/aromatic N) is 1. The summed E-state index contributed by atoms with van der Waals surface area (Å²) in [6.45, 7) is 2.01. The fourth-order valence-corrected chi connectivity index (χ4v) is 3.59. The number of carbonyl (C=O) groups is 2. The lowest BCUT2D eigenvalue weighted by molar-refractivity contribution is -0.154. The molecule has 0 bridgehead atoms. The first kappa shape index (κ1) is 17.3. The summed E-state index contributed by atoms with van der Waals surface area (Å²) in [5.74, 6) is 0.0528. The summed E-state index contributed by atoms with van der Waals surface area (Å²) in [5, 5.41) is 9.61. The molecule has 0 aromatic rings. The van der Waals surface area contributed by atoms with Gasteiger partial charge in [-0.2, -0.15) is 11.8 Å². The molecule has 0 spiro atoms. The third kappa shape index (κ3) is 4.40. The van der Waals surface area contributed by atoms with Crippen LogP contribution in [0.5, 0.6) is 0 Å². The summed E-state index contributed by atoms with van der Waals surface area (Å²) in [5.41, 5.74) is -0.832. The van der Waals surface area contributed by atoms with Crippen LogP contribution < -0.4 is 0 Å². The molecule has 20 heavy (non-hydrogen) atoms. The Labute approximate surface area is 126 Å². The largest absolute Gasteiger partial charge is 0.481 e. The molecule has 1 N–H and O–H groups in total. The van der Waals surface area contributed by atoms with E-state index >= 15 is 0 Å². The molecule has 0 radical (unpaired) electrons. The van der Waals surface area contributed by atoms with E-state index in [-0.39, 0.29) is 18.4 Å². The predicted molar refractivity (Wildman–Crippen MR) is 83.0 cm³/mol. The Bertz CT molecular complexity index is 338. The van der Waals surface area contributed by atoms with E-state index in [2.05, 4.69) is 0 Å². The molecule has 1 aliphatic carbocycles. The van der Waals surface area contributed by atoms with Crippen LogP contribution in [0.2, 0.25) is 0 Å². The molecular weight excluding hydrogens is 274 g/mol. The van der Waals surface area contributed by atoms with Crippen LogP contribution in [0.4, 0.5) is 0 Å². The van der Waals surface area contributed by atoms with E-state index in [1.54, 1.807) is 23.7 Å². The van der Waals surface area contributed by atoms with Gasteiger partial charge in [0.25, 0.3) is 0 Å². The highest BCUT2D eigenvalue weighted by Gasteiger charge is 2.41. The molecule has 0 aromatic heterocycles. The van der Waals surface area contributed by atoms with Gasteiger partial charge < -0.3 is 10.0 Å². The summed E-state index contributed by atoms with van der Waals surface area (Å²) in [6, 6.07) is 0.147. The molecule has 0 saturated heterocycles. The molecule has 116 valence electrons. The van der Waals surface area contributed by atoms with Crippen molar-refractivity contribution in [1.29, 1.82) is 0 Å². The molecule has 1 aliphatic rings. The van der Waals surface area contributed by atoms with Gasteiger partial charge in [0, 0.05) is 25.3 Å². The van der Waals surface area contributed by atoms with Gasteiger partial charge in [-0.3, -0.25) is 9.59 Å². The minimum Gasteiger partial charge on any atom is -0.481 e. The molecule has 1 unspecified atom stereocenters. The summed E-state index contributed by atoms with van der Waals surface area (Å²) in [4.78, 5) is 25.8. The van der Waals surface area contributed by atoms with Gasteiger partial charge in [-0.05, 0) is 26.0 Å². The van der Waals surface area contributed by atoms with Crippen molar-refractivity contribution in [2.45, 2.75) is 57.9 Å². The van der Waals surface area contributed by atoms with Crippen LogP contribution in [0.25, 0.3) is 0 Å². The van der Waals surface area contributed by atoms with Crippen LogP contribution in [0.15, 0.2) is 0 Å². The first-order valence-corrected chi connectivity index (χ1v) is 8.80. The Balaban J connectivity index is 2.74. The third-order valence-electron chi connectivity index (χ3n) is 4.47. The molecule has 0 aliphatic heterocycles. The number of thioether (sulfide) groups is 1. The standard InChI is InChI=1S/C15H27NO3S/c1-12(11-20-3)16(2)13(17)10-15(14(18)19)8-6-4-5-7-9-15/h12H,4-11H2,1-3H3,(H,18,19). The molecule has 4 nitrogen and oxygen atoms in total. The molecule has 0 heterocycles. The van der Waals surface area contributed by atoms with Crippen LogP contribution >= 0.6 is 11.8 Å². The van der Waals surface area contributed by atoms with Crippen molar-refractivity contribution < 1.29 is 14.7 Å². The molecule has 1 atom stereocenters. The molecule has 1 fully saturated rings. The van der Waals surface area contributed by atoms with Gasteiger partial charge in [0.1, 0.15) is 0 Å². The molecule has 5 heteroatoms. The molecular formula is C15H27NO3S. The average Bonchev–Trinajstić information content (AvgIpc) is 2.64. The fraction of sp³-hybridized carbons (Fsp3) is 0.867. The summed E-state index contributed by atoms with van der Waals surface area (Å²) in [7, 11) is 1.79. The number of carboxylic acid groups (broad SMARTS) is 1. The highest BCUT2D eigenvalue weighted by Crippen LogP contribution is 2.39. The van der Waals surface area contributed by atoms with Crippen molar-refractivity contribution in [2.75, 3.05) is 19.1 Å². The zero-order chi connectivity index (χ0) is 15.2. The minimum absolute atomic E-state index is 0.0316. The quantitative estimate of drug-likeness (QED) is 0.766. The smallest absolute Gasteiger partial charge is 0.310 e. The van der Waals surface area contributed by atoms with Crippen LogP contribution in [-0.4, -0.2) is 47.0 Å². The van der Waals surface area contributed by atoms with Gasteiger partial charge in [0.15, 0.2) is 0 Å². The molecule has 1 rings (SSSR count). The van der Waals surface area contributed by atoms with Crippen molar-refractivity contribution in [2.24, 2.45) is 5.41 Å². The molecule has 1 amide bonds. The number of carboxylic acids is 1. The minimum atomic E-state index is -0.832. The lowest BCUT2D eigenvalue weighted by Crippen LogP contribution is -2.42. The Kier molecular flexibility index (Phi) is 6.86. The number of amides is 1. The predicted octanol–water partition coefficient (Wildman–Crippen LogP) is 3.01. The maximum atomic E-state index is 12.4. The number of hydrogen-bond acceptors (Lipinski definition) is 3. The fourth-order valence-electron chi connectivity index (χ4n) is 2.88. The number of carbonyl (C=O) groups excluding carboxylic acids is 1. The monoisotopic (exact) mass is 301 g/mol. The zero-order valence-electron chi connectivity index (χ0n) is 12.9. The van der Waals surface area contributed by atoms with Crippen LogP contribution in [-0.2, 0) is 9.59 Å². The van der Waals surface area contributed by atoms with Gasteiger partial charge in [0.2, 0.25) is 5.91 Å². The van der Waals surface area contributed by atoms with Gasteiger partial charge in [-0.25, -0.2) is 0 Å². The average molecular weight is 301 g/mol. The van der Waals surface area contributed by atoms with Gasteiger partial charge >= 0.3 is 5.97 Å². The SMILES string of the molecule is CSCC(C)N(C)C(=O)CC1(C(=O)O)CCCCCC1. The van der Waals surface area contributed by atoms with E-state index in [9.17, 15) is 14.7 Å². The number of hydrogen-bond donors (Lipinski definition) is 1. The Hall–Kier alpha value is -0.710. The number of rotatable bonds is 6. The van der Waals surface area contributed by atoms with Crippen LogP contribution in [0.1, 0.15) is 51.9 Å². The first-order valence-electron chi connectivity index (χ1n) is 7.41. The highest BCUT2D eigenvalue weighted by atomic mass is 32.2. The summed E-state index contributed by atoms with van der Waals surface area (Å²) >= 11 is 1.70. The third-order valence-corrected chi connectivity index (χ3v) is 5.28. The molecule has 0 aromatic carbocycles. The normalized spacial score (nSPS) is 19.9. The maximum Gasteiger partial charge on any atom is 0.310 e. The van der Waals surface area contributed by atoms with Crippen molar-refractivity contribution in [1.82, 2.24) is 4.90 Å². The van der Waals surface area contributed by atoms with Crippen molar-refractivity contribution in [3.63, 3.8) is 0 Å². The van der Waals surface area contributed by atoms with Crippen molar-refractivity contribution in [3.05, 3.63) is 0 Å². The second kappa shape index (κ2) is 7.91. The van der Waals surface area contributed by atoms with E-state index in [0.29, 0.717) is 12.8 Å². The topological polar surface area (TPSA) is 57.6 Å². The lowest BCUT2D eigenvalue weighted by atomic mass is 9.77. The van der Waals surface area contributed by atoms with Gasteiger partial charge in [0.05, 0.1) is 5.41 Å². The van der Waals surface area contributed by atoms with Crippen LogP contribution in [0.3, 0.4) is 0 Å². The van der Waals surface area contributed by atoms with Gasteiger partial charge in [-0.15, -0.1) is 0 Å². The Morgan fingerprint density at radius 3 is 2.25 bits per heavy atom. The maximum absolute atomic E-state index is 12.4. The van der Waals surface area contributed by atoms with E-state index in [0.717, 1.165) is 31.4 Å². The van der Waals surface area contributed by atoms with Crippen molar-refractivity contribution in [3.8, 4) is 0 Å². The number of aliphatic carboxylic acids is 1. The highest BCUT2D eigenvalue weighted by molar-refractivity contribution is 7.98. The second-order valence-electron chi connectivity index (χ2n) is 5.99.